The van der Waals surface area contributed by atoms with Crippen molar-refractivity contribution in [3.63, 3.8) is 0 Å². The number of carbonyl (C=O) groups is 2. The summed E-state index contributed by atoms with van der Waals surface area (Å²) < 4.78 is 5.09. The zero-order valence-corrected chi connectivity index (χ0v) is 16.6. The van der Waals surface area contributed by atoms with Crippen molar-refractivity contribution < 1.29 is 14.3 Å². The van der Waals surface area contributed by atoms with Crippen molar-refractivity contribution in [3.8, 4) is 6.07 Å². The largest absolute Gasteiger partial charge is 0.451 e. The third kappa shape index (κ3) is 5.96. The molecular formula is C22H28N2O3. The van der Waals surface area contributed by atoms with Crippen molar-refractivity contribution in [1.29, 1.82) is 5.26 Å². The summed E-state index contributed by atoms with van der Waals surface area (Å²) in [6.07, 6.45) is 2.59. The second kappa shape index (κ2) is 9.36. The number of rotatable bonds is 5. The Balaban J connectivity index is 1.96. The number of carbonyl (C=O) groups excluding carboxylic acids is 2. The van der Waals surface area contributed by atoms with Crippen LogP contribution in [0.25, 0.3) is 6.08 Å². The average Bonchev–Trinajstić information content (AvgIpc) is 2.63. The summed E-state index contributed by atoms with van der Waals surface area (Å²) in [4.78, 5) is 26.2. The number of ether oxygens (including phenoxy) is 1. The number of esters is 1. The highest BCUT2D eigenvalue weighted by molar-refractivity contribution is 5.98. The zero-order chi connectivity index (χ0) is 20.0. The monoisotopic (exact) mass is 368 g/mol. The van der Waals surface area contributed by atoms with Crippen LogP contribution in [0.3, 0.4) is 0 Å². The standard InChI is InChI=1S/C22H28N2O3/c1-15(2)19-7-5-18(6-8-19)10-20(11-23)22(26)27-14-21(25)24-12-16(3)9-17(4)13-24/h5-8,10,15-17H,9,12-14H2,1-4H3/b20-10+/t16-,17-/m1/s1. The van der Waals surface area contributed by atoms with E-state index in [1.807, 2.05) is 30.3 Å². The van der Waals surface area contributed by atoms with E-state index < -0.39 is 5.97 Å². The van der Waals surface area contributed by atoms with E-state index in [1.165, 1.54) is 11.6 Å². The van der Waals surface area contributed by atoms with Gasteiger partial charge in [0.1, 0.15) is 11.6 Å². The van der Waals surface area contributed by atoms with E-state index in [0.29, 0.717) is 30.8 Å². The number of hydrogen-bond donors (Lipinski definition) is 0. The van der Waals surface area contributed by atoms with Crippen LogP contribution >= 0.6 is 0 Å². The van der Waals surface area contributed by atoms with Crippen LogP contribution in [-0.2, 0) is 14.3 Å². The van der Waals surface area contributed by atoms with Crippen LogP contribution in [0.4, 0.5) is 0 Å². The van der Waals surface area contributed by atoms with Gasteiger partial charge in [0.15, 0.2) is 6.61 Å². The Hall–Kier alpha value is -2.61. The van der Waals surface area contributed by atoms with Crippen LogP contribution in [0.15, 0.2) is 29.8 Å². The van der Waals surface area contributed by atoms with Crippen LogP contribution in [0.2, 0.25) is 0 Å². The Kier molecular flexibility index (Phi) is 7.18. The van der Waals surface area contributed by atoms with E-state index >= 15 is 0 Å². The van der Waals surface area contributed by atoms with Crippen molar-refractivity contribution in [3.05, 3.63) is 41.0 Å². The minimum atomic E-state index is -0.767. The summed E-state index contributed by atoms with van der Waals surface area (Å²) in [5.74, 6) is 0.320. The summed E-state index contributed by atoms with van der Waals surface area (Å²) in [6.45, 7) is 9.47. The highest BCUT2D eigenvalue weighted by Crippen LogP contribution is 2.21. The summed E-state index contributed by atoms with van der Waals surface area (Å²) in [7, 11) is 0. The first-order chi connectivity index (χ1) is 12.8. The lowest BCUT2D eigenvalue weighted by Gasteiger charge is -2.34. The molecule has 0 N–H and O–H groups in total. The Morgan fingerprint density at radius 3 is 2.33 bits per heavy atom. The first-order valence-electron chi connectivity index (χ1n) is 9.46. The SMILES string of the molecule is CC(C)c1ccc(/C=C(\C#N)C(=O)OCC(=O)N2C[C@H](C)C[C@@H](C)C2)cc1. The van der Waals surface area contributed by atoms with Gasteiger partial charge in [0.25, 0.3) is 5.91 Å². The molecule has 1 saturated heterocycles. The van der Waals surface area contributed by atoms with Crippen molar-refractivity contribution in [2.24, 2.45) is 11.8 Å². The van der Waals surface area contributed by atoms with Crippen molar-refractivity contribution >= 4 is 18.0 Å². The van der Waals surface area contributed by atoms with Gasteiger partial charge in [-0.2, -0.15) is 5.26 Å². The second-order valence-electron chi connectivity index (χ2n) is 7.81. The molecule has 1 amide bonds. The molecule has 0 aromatic heterocycles. The highest BCUT2D eigenvalue weighted by atomic mass is 16.5. The van der Waals surface area contributed by atoms with Gasteiger partial charge in [-0.15, -0.1) is 0 Å². The maximum atomic E-state index is 12.3. The molecule has 5 nitrogen and oxygen atoms in total. The third-order valence-electron chi connectivity index (χ3n) is 4.80. The van der Waals surface area contributed by atoms with Gasteiger partial charge in [-0.05, 0) is 41.4 Å². The minimum Gasteiger partial charge on any atom is -0.451 e. The molecule has 27 heavy (non-hydrogen) atoms. The molecule has 5 heteroatoms. The van der Waals surface area contributed by atoms with Crippen LogP contribution < -0.4 is 0 Å². The third-order valence-corrected chi connectivity index (χ3v) is 4.80. The van der Waals surface area contributed by atoms with Gasteiger partial charge in [-0.1, -0.05) is 52.0 Å². The first-order valence-corrected chi connectivity index (χ1v) is 9.46. The topological polar surface area (TPSA) is 70.4 Å². The Morgan fingerprint density at radius 2 is 1.81 bits per heavy atom. The minimum absolute atomic E-state index is 0.111. The van der Waals surface area contributed by atoms with Gasteiger partial charge in [0, 0.05) is 13.1 Å². The second-order valence-corrected chi connectivity index (χ2v) is 7.81. The zero-order valence-electron chi connectivity index (χ0n) is 16.6. The van der Waals surface area contributed by atoms with E-state index in [0.717, 1.165) is 12.0 Å². The molecule has 2 rings (SSSR count). The fraction of sp³-hybridized carbons (Fsp3) is 0.500. The number of nitrogens with zero attached hydrogens (tertiary/aromatic N) is 2. The number of likely N-dealkylation sites (tertiary alicyclic amines) is 1. The number of nitriles is 1. The summed E-state index contributed by atoms with van der Waals surface area (Å²) in [6, 6.07) is 9.53. The molecule has 0 spiro atoms. The summed E-state index contributed by atoms with van der Waals surface area (Å²) >= 11 is 0. The number of piperidine rings is 1. The van der Waals surface area contributed by atoms with E-state index in [4.69, 9.17) is 4.74 Å². The number of benzene rings is 1. The van der Waals surface area contributed by atoms with Crippen LogP contribution in [0.1, 0.15) is 51.2 Å². The van der Waals surface area contributed by atoms with E-state index in [1.54, 1.807) is 4.90 Å². The molecule has 0 radical (unpaired) electrons. The quantitative estimate of drug-likeness (QED) is 0.451. The smallest absolute Gasteiger partial charge is 0.349 e. The van der Waals surface area contributed by atoms with Gasteiger partial charge in [0.05, 0.1) is 0 Å². The fourth-order valence-electron chi connectivity index (χ4n) is 3.44. The molecule has 0 saturated carbocycles. The number of hydrogen-bond acceptors (Lipinski definition) is 4. The average molecular weight is 368 g/mol. The van der Waals surface area contributed by atoms with Crippen LogP contribution in [0.5, 0.6) is 0 Å². The van der Waals surface area contributed by atoms with Gasteiger partial charge in [-0.25, -0.2) is 4.79 Å². The predicted octanol–water partition coefficient (Wildman–Crippen LogP) is 3.76. The molecular weight excluding hydrogens is 340 g/mol. The molecule has 0 unspecified atom stereocenters. The normalized spacial score (nSPS) is 20.3. The van der Waals surface area contributed by atoms with E-state index in [2.05, 4.69) is 27.7 Å². The number of amides is 1. The van der Waals surface area contributed by atoms with Crippen LogP contribution in [0, 0.1) is 23.2 Å². The summed E-state index contributed by atoms with van der Waals surface area (Å²) in [5.41, 5.74) is 1.82. The molecule has 1 heterocycles. The fourth-order valence-corrected chi connectivity index (χ4v) is 3.44. The van der Waals surface area contributed by atoms with Gasteiger partial charge in [-0.3, -0.25) is 4.79 Å². The molecule has 1 fully saturated rings. The highest BCUT2D eigenvalue weighted by Gasteiger charge is 2.26. The van der Waals surface area contributed by atoms with Gasteiger partial charge < -0.3 is 9.64 Å². The maximum absolute atomic E-state index is 12.3. The molecule has 144 valence electrons. The van der Waals surface area contributed by atoms with E-state index in [9.17, 15) is 14.9 Å². The Morgan fingerprint density at radius 1 is 1.22 bits per heavy atom. The van der Waals surface area contributed by atoms with Crippen molar-refractivity contribution in [2.45, 2.75) is 40.0 Å². The molecule has 1 aliphatic rings. The molecule has 1 aromatic rings. The molecule has 0 aliphatic carbocycles. The summed E-state index contributed by atoms with van der Waals surface area (Å²) in [5, 5.41) is 9.27. The Bertz CT molecular complexity index is 734. The molecule has 1 aromatic carbocycles. The van der Waals surface area contributed by atoms with Gasteiger partial charge >= 0.3 is 5.97 Å². The Labute approximate surface area is 161 Å². The van der Waals surface area contributed by atoms with Crippen LogP contribution in [-0.4, -0.2) is 36.5 Å². The molecule has 0 bridgehead atoms. The first kappa shape index (κ1) is 20.7. The lowest BCUT2D eigenvalue weighted by atomic mass is 9.92. The van der Waals surface area contributed by atoms with E-state index in [-0.39, 0.29) is 18.1 Å². The van der Waals surface area contributed by atoms with Crippen molar-refractivity contribution in [2.75, 3.05) is 19.7 Å². The van der Waals surface area contributed by atoms with Crippen molar-refractivity contribution in [1.82, 2.24) is 4.90 Å². The predicted molar refractivity (Wildman–Crippen MR) is 105 cm³/mol. The maximum Gasteiger partial charge on any atom is 0.349 e. The molecule has 2 atom stereocenters. The van der Waals surface area contributed by atoms with Gasteiger partial charge in [0.2, 0.25) is 0 Å². The lowest BCUT2D eigenvalue weighted by molar-refractivity contribution is -0.149. The molecule has 1 aliphatic heterocycles. The lowest BCUT2D eigenvalue weighted by Crippen LogP contribution is -2.44.